The van der Waals surface area contributed by atoms with Gasteiger partial charge in [-0.1, -0.05) is 36.4 Å². The lowest BCUT2D eigenvalue weighted by atomic mass is 9.82. The van der Waals surface area contributed by atoms with E-state index in [0.29, 0.717) is 24.6 Å². The van der Waals surface area contributed by atoms with Crippen LogP contribution in [0.2, 0.25) is 0 Å². The highest BCUT2D eigenvalue weighted by molar-refractivity contribution is 6.07. The summed E-state index contributed by atoms with van der Waals surface area (Å²) in [5.74, 6) is 1.21. The molecule has 0 aliphatic heterocycles. The van der Waals surface area contributed by atoms with Crippen molar-refractivity contribution in [2.24, 2.45) is 17.6 Å². The number of rotatable bonds is 8. The lowest BCUT2D eigenvalue weighted by Gasteiger charge is -2.28. The maximum atomic E-state index is 13.3. The van der Waals surface area contributed by atoms with E-state index in [1.165, 1.54) is 12.8 Å². The number of hydrogen-bond acceptors (Lipinski definition) is 4. The summed E-state index contributed by atoms with van der Waals surface area (Å²) < 4.78 is 0. The van der Waals surface area contributed by atoms with Crippen molar-refractivity contribution < 1.29 is 9.59 Å². The third-order valence-electron chi connectivity index (χ3n) is 6.66. The zero-order valence-corrected chi connectivity index (χ0v) is 19.6. The summed E-state index contributed by atoms with van der Waals surface area (Å²) in [6.45, 7) is 2.11. The van der Waals surface area contributed by atoms with Crippen LogP contribution < -0.4 is 21.7 Å². The lowest BCUT2D eigenvalue weighted by molar-refractivity contribution is 0.0943. The SMILES string of the molecule is CNCC1CCC(CNC(=O)c2cc(-c3cccc(CNC(N)=O)c3)nc3ccccc23)CC1. The minimum absolute atomic E-state index is 0.0660. The number of fused-ring (bicyclic) bond motifs is 1. The van der Waals surface area contributed by atoms with E-state index in [1.807, 2.05) is 61.6 Å². The van der Waals surface area contributed by atoms with E-state index in [4.69, 9.17) is 10.7 Å². The molecule has 7 heteroatoms. The molecular formula is C27H33N5O2. The number of carbonyl (C=O) groups excluding carboxylic acids is 2. The van der Waals surface area contributed by atoms with Crippen molar-refractivity contribution in [1.82, 2.24) is 20.9 Å². The van der Waals surface area contributed by atoms with Gasteiger partial charge in [-0.2, -0.15) is 0 Å². The quantitative estimate of drug-likeness (QED) is 0.410. The van der Waals surface area contributed by atoms with Gasteiger partial charge in [0.25, 0.3) is 5.91 Å². The largest absolute Gasteiger partial charge is 0.352 e. The van der Waals surface area contributed by atoms with Gasteiger partial charge in [-0.3, -0.25) is 4.79 Å². The van der Waals surface area contributed by atoms with E-state index >= 15 is 0 Å². The van der Waals surface area contributed by atoms with Crippen LogP contribution >= 0.6 is 0 Å². The smallest absolute Gasteiger partial charge is 0.312 e. The van der Waals surface area contributed by atoms with Crippen LogP contribution in [0.15, 0.2) is 54.6 Å². The Balaban J connectivity index is 1.53. The molecule has 7 nitrogen and oxygen atoms in total. The molecule has 1 aliphatic rings. The molecule has 0 bridgehead atoms. The molecule has 4 rings (SSSR count). The Hall–Kier alpha value is -3.45. The summed E-state index contributed by atoms with van der Waals surface area (Å²) in [6.07, 6.45) is 4.73. The Morgan fingerprint density at radius 3 is 2.41 bits per heavy atom. The third kappa shape index (κ3) is 5.91. The maximum Gasteiger partial charge on any atom is 0.312 e. The van der Waals surface area contributed by atoms with E-state index in [0.717, 1.165) is 53.0 Å². The topological polar surface area (TPSA) is 109 Å². The summed E-state index contributed by atoms with van der Waals surface area (Å²) in [6, 6.07) is 16.8. The molecule has 34 heavy (non-hydrogen) atoms. The highest BCUT2D eigenvalue weighted by atomic mass is 16.2. The first kappa shape index (κ1) is 23.7. The van der Waals surface area contributed by atoms with E-state index in [9.17, 15) is 9.59 Å². The summed E-state index contributed by atoms with van der Waals surface area (Å²) in [7, 11) is 2.01. The van der Waals surface area contributed by atoms with E-state index in [2.05, 4.69) is 16.0 Å². The Bertz CT molecular complexity index is 1150. The minimum atomic E-state index is -0.566. The van der Waals surface area contributed by atoms with E-state index in [-0.39, 0.29) is 5.91 Å². The number of benzene rings is 2. The molecule has 0 saturated heterocycles. The van der Waals surface area contributed by atoms with Gasteiger partial charge in [0.1, 0.15) is 0 Å². The number of nitrogens with zero attached hydrogens (tertiary/aromatic N) is 1. The molecule has 0 unspecified atom stereocenters. The van der Waals surface area contributed by atoms with Crippen molar-refractivity contribution in [3.8, 4) is 11.3 Å². The van der Waals surface area contributed by atoms with Crippen LogP contribution in [-0.4, -0.2) is 37.1 Å². The molecule has 1 saturated carbocycles. The fraction of sp³-hybridized carbons (Fsp3) is 0.370. The molecule has 0 spiro atoms. The highest BCUT2D eigenvalue weighted by Crippen LogP contribution is 2.29. The van der Waals surface area contributed by atoms with Gasteiger partial charge < -0.3 is 21.7 Å². The number of nitrogens with two attached hydrogens (primary N) is 1. The van der Waals surface area contributed by atoms with Gasteiger partial charge in [0.05, 0.1) is 16.8 Å². The normalized spacial score (nSPS) is 17.9. The highest BCUT2D eigenvalue weighted by Gasteiger charge is 2.22. The van der Waals surface area contributed by atoms with Gasteiger partial charge in [-0.05, 0) is 74.9 Å². The molecule has 178 valence electrons. The van der Waals surface area contributed by atoms with Gasteiger partial charge in [-0.15, -0.1) is 0 Å². The molecule has 0 radical (unpaired) electrons. The number of nitrogens with one attached hydrogen (secondary N) is 3. The van der Waals surface area contributed by atoms with Crippen molar-refractivity contribution in [2.75, 3.05) is 20.1 Å². The van der Waals surface area contributed by atoms with Crippen LogP contribution in [0.3, 0.4) is 0 Å². The monoisotopic (exact) mass is 459 g/mol. The first-order valence-electron chi connectivity index (χ1n) is 12.0. The molecule has 3 aromatic rings. The van der Waals surface area contributed by atoms with Crippen molar-refractivity contribution in [2.45, 2.75) is 32.2 Å². The van der Waals surface area contributed by atoms with E-state index < -0.39 is 6.03 Å². The van der Waals surface area contributed by atoms with Crippen molar-refractivity contribution in [3.05, 3.63) is 65.7 Å². The van der Waals surface area contributed by atoms with Crippen LogP contribution in [0.1, 0.15) is 41.6 Å². The molecular weight excluding hydrogens is 426 g/mol. The van der Waals surface area contributed by atoms with Gasteiger partial charge in [0, 0.05) is 24.0 Å². The zero-order chi connectivity index (χ0) is 23.9. The predicted octanol–water partition coefficient (Wildman–Crippen LogP) is 3.83. The van der Waals surface area contributed by atoms with Crippen LogP contribution in [0.25, 0.3) is 22.2 Å². The molecule has 1 aliphatic carbocycles. The second-order valence-corrected chi connectivity index (χ2v) is 9.14. The second-order valence-electron chi connectivity index (χ2n) is 9.14. The Morgan fingerprint density at radius 2 is 1.68 bits per heavy atom. The standard InChI is InChI=1S/C27H33N5O2/c1-29-15-18-9-11-19(12-10-18)16-30-26(33)23-14-25(32-24-8-3-2-7-22(23)24)21-6-4-5-20(13-21)17-31-27(28)34/h2-8,13-14,18-19,29H,9-12,15-17H2,1H3,(H,30,33)(H3,28,31,34). The predicted molar refractivity (Wildman–Crippen MR) is 135 cm³/mol. The zero-order valence-electron chi connectivity index (χ0n) is 19.6. The van der Waals surface area contributed by atoms with Crippen LogP contribution in [0, 0.1) is 11.8 Å². The fourth-order valence-corrected chi connectivity index (χ4v) is 4.80. The number of primary amides is 1. The molecule has 1 aromatic heterocycles. The molecule has 0 atom stereocenters. The Labute approximate surface area is 200 Å². The molecule has 1 fully saturated rings. The average molecular weight is 460 g/mol. The Kier molecular flexibility index (Phi) is 7.75. The third-order valence-corrected chi connectivity index (χ3v) is 6.66. The summed E-state index contributed by atoms with van der Waals surface area (Å²) in [4.78, 5) is 29.2. The second kappa shape index (κ2) is 11.1. The fourth-order valence-electron chi connectivity index (χ4n) is 4.80. The number of para-hydroxylation sites is 1. The summed E-state index contributed by atoms with van der Waals surface area (Å²) in [5, 5.41) is 9.91. The van der Waals surface area contributed by atoms with Gasteiger partial charge in [0.2, 0.25) is 0 Å². The molecule has 1 heterocycles. The van der Waals surface area contributed by atoms with Crippen LogP contribution in [0.5, 0.6) is 0 Å². The minimum Gasteiger partial charge on any atom is -0.352 e. The average Bonchev–Trinajstić information content (AvgIpc) is 2.86. The van der Waals surface area contributed by atoms with E-state index in [1.54, 1.807) is 0 Å². The molecule has 5 N–H and O–H groups in total. The van der Waals surface area contributed by atoms with Crippen molar-refractivity contribution in [1.29, 1.82) is 0 Å². The maximum absolute atomic E-state index is 13.3. The van der Waals surface area contributed by atoms with Gasteiger partial charge >= 0.3 is 6.03 Å². The molecule has 2 aromatic carbocycles. The Morgan fingerprint density at radius 1 is 0.941 bits per heavy atom. The first-order valence-corrected chi connectivity index (χ1v) is 12.0. The number of pyridine rings is 1. The number of aromatic nitrogens is 1. The van der Waals surface area contributed by atoms with Crippen LogP contribution in [-0.2, 0) is 6.54 Å². The van der Waals surface area contributed by atoms with Gasteiger partial charge in [-0.25, -0.2) is 9.78 Å². The van der Waals surface area contributed by atoms with Gasteiger partial charge in [0.15, 0.2) is 0 Å². The summed E-state index contributed by atoms with van der Waals surface area (Å²) >= 11 is 0. The van der Waals surface area contributed by atoms with Crippen LogP contribution in [0.4, 0.5) is 4.79 Å². The van der Waals surface area contributed by atoms with Crippen molar-refractivity contribution >= 4 is 22.8 Å². The lowest BCUT2D eigenvalue weighted by Crippen LogP contribution is -2.32. The summed E-state index contributed by atoms with van der Waals surface area (Å²) in [5.41, 5.74) is 9.11. The first-order chi connectivity index (χ1) is 16.5. The molecule has 3 amide bonds. The number of amides is 3. The number of carbonyl (C=O) groups is 2. The number of urea groups is 1. The van der Waals surface area contributed by atoms with Crippen molar-refractivity contribution in [3.63, 3.8) is 0 Å². The number of hydrogen-bond donors (Lipinski definition) is 4.